The monoisotopic (exact) mass is 236 g/mol. The number of piperidine rings is 1. The van der Waals surface area contributed by atoms with Crippen molar-refractivity contribution in [1.29, 1.82) is 0 Å². The van der Waals surface area contributed by atoms with Crippen molar-refractivity contribution < 1.29 is 4.79 Å². The Labute approximate surface area is 102 Å². The first kappa shape index (κ1) is 12.1. The van der Waals surface area contributed by atoms with Crippen molar-refractivity contribution in [2.45, 2.75) is 39.2 Å². The van der Waals surface area contributed by atoms with E-state index in [1.807, 2.05) is 9.47 Å². The number of rotatable bonds is 3. The van der Waals surface area contributed by atoms with Gasteiger partial charge in [0.1, 0.15) is 12.7 Å². The lowest BCUT2D eigenvalue weighted by atomic mass is 10.0. The van der Waals surface area contributed by atoms with Gasteiger partial charge < -0.3 is 9.47 Å². The van der Waals surface area contributed by atoms with E-state index in [1.54, 1.807) is 12.7 Å². The predicted molar refractivity (Wildman–Crippen MR) is 64.3 cm³/mol. The minimum absolute atomic E-state index is 0.294. The Morgan fingerprint density at radius 3 is 2.41 bits per heavy atom. The summed E-state index contributed by atoms with van der Waals surface area (Å²) in [7, 11) is 0. The van der Waals surface area contributed by atoms with Crippen LogP contribution in [0.4, 0.5) is 0 Å². The van der Waals surface area contributed by atoms with Gasteiger partial charge in [-0.05, 0) is 18.8 Å². The van der Waals surface area contributed by atoms with E-state index in [4.69, 9.17) is 0 Å². The van der Waals surface area contributed by atoms with Crippen LogP contribution in [-0.4, -0.2) is 38.7 Å². The molecule has 1 saturated heterocycles. The molecule has 0 N–H and O–H groups in total. The fraction of sp³-hybridized carbons (Fsp3) is 0.750. The van der Waals surface area contributed by atoms with Crippen molar-refractivity contribution in [1.82, 2.24) is 19.7 Å². The minimum Gasteiger partial charge on any atom is -0.343 e. The summed E-state index contributed by atoms with van der Waals surface area (Å²) in [6, 6.07) is 0.452. The molecule has 1 fully saturated rings. The largest absolute Gasteiger partial charge is 0.343 e. The van der Waals surface area contributed by atoms with Crippen molar-refractivity contribution in [3.8, 4) is 0 Å². The molecule has 0 bridgehead atoms. The first-order valence-electron chi connectivity index (χ1n) is 6.28. The number of carbonyl (C=O) groups is 1. The second-order valence-corrected chi connectivity index (χ2v) is 5.12. The zero-order valence-corrected chi connectivity index (χ0v) is 10.5. The van der Waals surface area contributed by atoms with E-state index in [0.717, 1.165) is 25.9 Å². The lowest BCUT2D eigenvalue weighted by Gasteiger charge is -2.32. The van der Waals surface area contributed by atoms with Crippen LogP contribution in [0.3, 0.4) is 0 Å². The van der Waals surface area contributed by atoms with Crippen LogP contribution < -0.4 is 0 Å². The Balaban J connectivity index is 1.84. The van der Waals surface area contributed by atoms with E-state index in [9.17, 15) is 4.79 Å². The van der Waals surface area contributed by atoms with Crippen molar-refractivity contribution in [2.75, 3.05) is 13.1 Å². The summed E-state index contributed by atoms with van der Waals surface area (Å²) >= 11 is 0. The second-order valence-electron chi connectivity index (χ2n) is 5.12. The van der Waals surface area contributed by atoms with Gasteiger partial charge in [0.2, 0.25) is 5.91 Å². The minimum atomic E-state index is 0.294. The molecule has 2 rings (SSSR count). The van der Waals surface area contributed by atoms with Crippen LogP contribution in [0.25, 0.3) is 0 Å². The Morgan fingerprint density at radius 1 is 1.29 bits per heavy atom. The van der Waals surface area contributed by atoms with Gasteiger partial charge in [-0.1, -0.05) is 13.8 Å². The maximum absolute atomic E-state index is 11.9. The quantitative estimate of drug-likeness (QED) is 0.799. The van der Waals surface area contributed by atoms with Gasteiger partial charge in [-0.3, -0.25) is 4.79 Å². The average molecular weight is 236 g/mol. The third kappa shape index (κ3) is 3.05. The molecule has 94 valence electrons. The third-order valence-corrected chi connectivity index (χ3v) is 3.26. The van der Waals surface area contributed by atoms with E-state index < -0.39 is 0 Å². The van der Waals surface area contributed by atoms with Crippen LogP contribution in [0, 0.1) is 5.92 Å². The molecule has 0 saturated carbocycles. The van der Waals surface area contributed by atoms with Gasteiger partial charge in [0.05, 0.1) is 0 Å². The highest BCUT2D eigenvalue weighted by molar-refractivity contribution is 5.76. The van der Waals surface area contributed by atoms with Crippen LogP contribution in [0.15, 0.2) is 12.7 Å². The van der Waals surface area contributed by atoms with Crippen LogP contribution in [-0.2, 0) is 4.79 Å². The standard InChI is InChI=1S/C12H20N4O/c1-10(2)7-12(17)15-5-3-11(4-6-15)16-8-13-14-9-16/h8-11H,3-7H2,1-2H3. The molecule has 5 heteroatoms. The van der Waals surface area contributed by atoms with E-state index >= 15 is 0 Å². The van der Waals surface area contributed by atoms with Gasteiger partial charge in [0.15, 0.2) is 0 Å². The van der Waals surface area contributed by atoms with E-state index in [2.05, 4.69) is 24.0 Å². The highest BCUT2D eigenvalue weighted by Crippen LogP contribution is 2.22. The van der Waals surface area contributed by atoms with Crippen molar-refractivity contribution in [3.05, 3.63) is 12.7 Å². The number of aromatic nitrogens is 3. The normalized spacial score (nSPS) is 17.7. The third-order valence-electron chi connectivity index (χ3n) is 3.26. The number of hydrogen-bond donors (Lipinski definition) is 0. The van der Waals surface area contributed by atoms with Gasteiger partial charge in [0, 0.05) is 25.6 Å². The number of likely N-dealkylation sites (tertiary alicyclic amines) is 1. The Morgan fingerprint density at radius 2 is 1.88 bits per heavy atom. The molecule has 1 amide bonds. The van der Waals surface area contributed by atoms with Gasteiger partial charge >= 0.3 is 0 Å². The molecule has 0 radical (unpaired) electrons. The summed E-state index contributed by atoms with van der Waals surface area (Å²) in [5, 5.41) is 7.65. The molecule has 1 aliphatic rings. The Bertz CT molecular complexity index is 353. The lowest BCUT2D eigenvalue weighted by Crippen LogP contribution is -2.39. The summed E-state index contributed by atoms with van der Waals surface area (Å²) in [6.45, 7) is 5.88. The van der Waals surface area contributed by atoms with Crippen LogP contribution in [0.5, 0.6) is 0 Å². The molecule has 0 spiro atoms. The smallest absolute Gasteiger partial charge is 0.222 e. The van der Waals surface area contributed by atoms with Gasteiger partial charge in [-0.25, -0.2) is 0 Å². The van der Waals surface area contributed by atoms with E-state index in [1.165, 1.54) is 0 Å². The van der Waals surface area contributed by atoms with Gasteiger partial charge in [-0.2, -0.15) is 0 Å². The summed E-state index contributed by atoms with van der Waals surface area (Å²) in [5.41, 5.74) is 0. The first-order chi connectivity index (χ1) is 8.16. The van der Waals surface area contributed by atoms with E-state index in [0.29, 0.717) is 24.3 Å². The lowest BCUT2D eigenvalue weighted by molar-refractivity contribution is -0.133. The van der Waals surface area contributed by atoms with Crippen molar-refractivity contribution in [2.24, 2.45) is 5.92 Å². The molecular weight excluding hydrogens is 216 g/mol. The molecule has 1 aliphatic heterocycles. The van der Waals surface area contributed by atoms with Crippen LogP contribution >= 0.6 is 0 Å². The zero-order valence-electron chi connectivity index (χ0n) is 10.5. The molecule has 0 aromatic carbocycles. The fourth-order valence-corrected chi connectivity index (χ4v) is 2.29. The molecule has 1 aromatic heterocycles. The number of amides is 1. The van der Waals surface area contributed by atoms with Crippen molar-refractivity contribution >= 4 is 5.91 Å². The first-order valence-corrected chi connectivity index (χ1v) is 6.28. The maximum atomic E-state index is 11.9. The summed E-state index contributed by atoms with van der Waals surface area (Å²) in [4.78, 5) is 13.9. The Hall–Kier alpha value is -1.39. The molecule has 0 atom stereocenters. The molecule has 1 aromatic rings. The SMILES string of the molecule is CC(C)CC(=O)N1CCC(n2cnnc2)CC1. The number of hydrogen-bond acceptors (Lipinski definition) is 3. The Kier molecular flexibility index (Phi) is 3.76. The van der Waals surface area contributed by atoms with Crippen LogP contribution in [0.1, 0.15) is 39.2 Å². The van der Waals surface area contributed by atoms with E-state index in [-0.39, 0.29) is 0 Å². The molecule has 0 unspecified atom stereocenters. The maximum Gasteiger partial charge on any atom is 0.222 e. The molecular formula is C12H20N4O. The molecule has 0 aliphatic carbocycles. The van der Waals surface area contributed by atoms with Crippen molar-refractivity contribution in [3.63, 3.8) is 0 Å². The fourth-order valence-electron chi connectivity index (χ4n) is 2.29. The van der Waals surface area contributed by atoms with Crippen LogP contribution in [0.2, 0.25) is 0 Å². The second kappa shape index (κ2) is 5.29. The number of nitrogens with zero attached hydrogens (tertiary/aromatic N) is 4. The number of carbonyl (C=O) groups excluding carboxylic acids is 1. The molecule has 2 heterocycles. The molecule has 17 heavy (non-hydrogen) atoms. The highest BCUT2D eigenvalue weighted by Gasteiger charge is 2.23. The highest BCUT2D eigenvalue weighted by atomic mass is 16.2. The summed E-state index contributed by atoms with van der Waals surface area (Å²) < 4.78 is 2.05. The molecule has 5 nitrogen and oxygen atoms in total. The van der Waals surface area contributed by atoms with Gasteiger partial charge in [0.25, 0.3) is 0 Å². The average Bonchev–Trinajstić information content (AvgIpc) is 2.82. The zero-order chi connectivity index (χ0) is 12.3. The topological polar surface area (TPSA) is 51.0 Å². The summed E-state index contributed by atoms with van der Waals surface area (Å²) in [5.74, 6) is 0.736. The predicted octanol–water partition coefficient (Wildman–Crippen LogP) is 1.49. The van der Waals surface area contributed by atoms with Gasteiger partial charge in [-0.15, -0.1) is 10.2 Å². The summed E-state index contributed by atoms with van der Waals surface area (Å²) in [6.07, 6.45) is 6.19.